The van der Waals surface area contributed by atoms with Gasteiger partial charge in [0, 0.05) is 22.5 Å². The fourth-order valence-corrected chi connectivity index (χ4v) is 3.68. The Hall–Kier alpha value is -3.87. The molecule has 158 valence electrons. The van der Waals surface area contributed by atoms with Gasteiger partial charge in [-0.1, -0.05) is 24.3 Å². The van der Waals surface area contributed by atoms with Crippen molar-refractivity contribution in [3.05, 3.63) is 71.4 Å². The van der Waals surface area contributed by atoms with Crippen molar-refractivity contribution in [2.45, 2.75) is 19.8 Å². The predicted molar refractivity (Wildman–Crippen MR) is 120 cm³/mol. The fraction of sp³-hybridized carbons (Fsp3) is 0.208. The topological polar surface area (TPSA) is 106 Å². The first-order valence-electron chi connectivity index (χ1n) is 10.1. The van der Waals surface area contributed by atoms with E-state index in [1.54, 1.807) is 0 Å². The highest BCUT2D eigenvalue weighted by Gasteiger charge is 2.18. The van der Waals surface area contributed by atoms with Crippen LogP contribution in [0, 0.1) is 6.92 Å². The number of pyridine rings is 1. The molecule has 0 bridgehead atoms. The number of hydrogen-bond donors (Lipinski definition) is 3. The predicted octanol–water partition coefficient (Wildman–Crippen LogP) is 3.07. The molecule has 31 heavy (non-hydrogen) atoms. The maximum absolute atomic E-state index is 11.6. The lowest BCUT2D eigenvalue weighted by atomic mass is 10.0. The largest absolute Gasteiger partial charge is 0.491 e. The van der Waals surface area contributed by atoms with Gasteiger partial charge in [-0.3, -0.25) is 9.59 Å². The summed E-state index contributed by atoms with van der Waals surface area (Å²) < 4.78 is 5.80. The highest BCUT2D eigenvalue weighted by molar-refractivity contribution is 5.99. The molecule has 0 atom stereocenters. The van der Waals surface area contributed by atoms with Gasteiger partial charge >= 0.3 is 0 Å². The standard InChI is InChI=1S/C24H24N4O3/c1-15-19(16-6-8-20-18(12-16)14-24(30)28-20)7-9-23(27-15)26-10-11-31-21-5-3-2-4-17(21)13-22(25)29/h2-9,12H,10-11,13-14H2,1H3,(H2,25,29)(H,26,27)(H,28,30). The van der Waals surface area contributed by atoms with Crippen LogP contribution < -0.4 is 21.1 Å². The van der Waals surface area contributed by atoms with Crippen LogP contribution in [0.4, 0.5) is 11.5 Å². The molecular formula is C24H24N4O3. The molecule has 0 aliphatic carbocycles. The molecule has 0 spiro atoms. The molecule has 4 rings (SSSR count). The van der Waals surface area contributed by atoms with Gasteiger partial charge in [-0.05, 0) is 48.4 Å². The molecule has 7 heteroatoms. The second-order valence-corrected chi connectivity index (χ2v) is 7.45. The summed E-state index contributed by atoms with van der Waals surface area (Å²) in [4.78, 5) is 27.4. The molecule has 0 radical (unpaired) electrons. The maximum Gasteiger partial charge on any atom is 0.228 e. The maximum atomic E-state index is 11.6. The van der Waals surface area contributed by atoms with E-state index in [1.807, 2.05) is 61.5 Å². The molecule has 0 saturated carbocycles. The Morgan fingerprint density at radius 3 is 2.84 bits per heavy atom. The van der Waals surface area contributed by atoms with Crippen LogP contribution in [0.15, 0.2) is 54.6 Å². The van der Waals surface area contributed by atoms with Crippen LogP contribution in [0.2, 0.25) is 0 Å². The van der Waals surface area contributed by atoms with E-state index < -0.39 is 0 Å². The van der Waals surface area contributed by atoms with Crippen molar-refractivity contribution in [1.82, 2.24) is 4.98 Å². The zero-order valence-electron chi connectivity index (χ0n) is 17.3. The minimum Gasteiger partial charge on any atom is -0.491 e. The van der Waals surface area contributed by atoms with Gasteiger partial charge in [-0.2, -0.15) is 0 Å². The Labute approximate surface area is 180 Å². The lowest BCUT2D eigenvalue weighted by molar-refractivity contribution is -0.117. The van der Waals surface area contributed by atoms with Crippen LogP contribution in [-0.2, 0) is 22.4 Å². The lowest BCUT2D eigenvalue weighted by Gasteiger charge is -2.13. The number of benzene rings is 2. The number of para-hydroxylation sites is 1. The lowest BCUT2D eigenvalue weighted by Crippen LogP contribution is -2.16. The fourth-order valence-electron chi connectivity index (χ4n) is 3.68. The first-order valence-corrected chi connectivity index (χ1v) is 10.1. The molecule has 2 heterocycles. The number of carbonyl (C=O) groups is 2. The van der Waals surface area contributed by atoms with Gasteiger partial charge in [0.25, 0.3) is 0 Å². The number of carbonyl (C=O) groups excluding carboxylic acids is 2. The third-order valence-corrected chi connectivity index (χ3v) is 5.13. The minimum absolute atomic E-state index is 0.0287. The molecule has 0 fully saturated rings. The Morgan fingerprint density at radius 1 is 1.19 bits per heavy atom. The van der Waals surface area contributed by atoms with E-state index in [0.717, 1.165) is 39.5 Å². The molecule has 0 unspecified atom stereocenters. The Bertz CT molecular complexity index is 1140. The second-order valence-electron chi connectivity index (χ2n) is 7.45. The van der Waals surface area contributed by atoms with Crippen molar-refractivity contribution in [2.75, 3.05) is 23.8 Å². The second kappa shape index (κ2) is 8.87. The molecule has 4 N–H and O–H groups in total. The Balaban J connectivity index is 1.36. The van der Waals surface area contributed by atoms with Gasteiger partial charge in [0.2, 0.25) is 11.8 Å². The van der Waals surface area contributed by atoms with E-state index in [1.165, 1.54) is 0 Å². The summed E-state index contributed by atoms with van der Waals surface area (Å²) in [7, 11) is 0. The van der Waals surface area contributed by atoms with E-state index in [2.05, 4.69) is 15.6 Å². The summed E-state index contributed by atoms with van der Waals surface area (Å²) in [5.41, 5.74) is 10.9. The van der Waals surface area contributed by atoms with Crippen LogP contribution in [0.1, 0.15) is 16.8 Å². The van der Waals surface area contributed by atoms with Crippen LogP contribution in [0.5, 0.6) is 5.75 Å². The number of anilines is 2. The third kappa shape index (κ3) is 4.83. The highest BCUT2D eigenvalue weighted by atomic mass is 16.5. The first-order chi connectivity index (χ1) is 15.0. The molecule has 1 aliphatic rings. The van der Waals surface area contributed by atoms with Crippen LogP contribution in [0.3, 0.4) is 0 Å². The normalized spacial score (nSPS) is 12.2. The molecule has 7 nitrogen and oxygen atoms in total. The summed E-state index contributed by atoms with van der Waals surface area (Å²) in [6, 6.07) is 17.3. The smallest absolute Gasteiger partial charge is 0.228 e. The zero-order chi connectivity index (χ0) is 21.8. The number of aromatic nitrogens is 1. The van der Waals surface area contributed by atoms with Gasteiger partial charge in [0.15, 0.2) is 0 Å². The molecular weight excluding hydrogens is 392 g/mol. The molecule has 3 aromatic rings. The van der Waals surface area contributed by atoms with E-state index in [9.17, 15) is 9.59 Å². The quantitative estimate of drug-likeness (QED) is 0.489. The summed E-state index contributed by atoms with van der Waals surface area (Å²) in [6.07, 6.45) is 0.566. The van der Waals surface area contributed by atoms with Crippen molar-refractivity contribution in [2.24, 2.45) is 5.73 Å². The van der Waals surface area contributed by atoms with Crippen molar-refractivity contribution < 1.29 is 14.3 Å². The van der Waals surface area contributed by atoms with Crippen molar-refractivity contribution in [3.63, 3.8) is 0 Å². The Morgan fingerprint density at radius 2 is 2.03 bits per heavy atom. The van der Waals surface area contributed by atoms with Crippen molar-refractivity contribution in [1.29, 1.82) is 0 Å². The number of rotatable bonds is 8. The van der Waals surface area contributed by atoms with Gasteiger partial charge in [0.05, 0.1) is 19.4 Å². The SMILES string of the molecule is Cc1nc(NCCOc2ccccc2CC(N)=O)ccc1-c1ccc2c(c1)CC(=O)N2. The monoisotopic (exact) mass is 416 g/mol. The average molecular weight is 416 g/mol. The summed E-state index contributed by atoms with van der Waals surface area (Å²) in [5, 5.41) is 6.11. The number of aryl methyl sites for hydroxylation is 1. The molecule has 0 saturated heterocycles. The van der Waals surface area contributed by atoms with E-state index in [0.29, 0.717) is 25.3 Å². The summed E-state index contributed by atoms with van der Waals surface area (Å²) in [6.45, 7) is 2.95. The van der Waals surface area contributed by atoms with Gasteiger partial charge < -0.3 is 21.1 Å². The zero-order valence-corrected chi connectivity index (χ0v) is 17.3. The number of fused-ring (bicyclic) bond motifs is 1. The molecule has 1 aliphatic heterocycles. The van der Waals surface area contributed by atoms with E-state index >= 15 is 0 Å². The minimum atomic E-state index is -0.389. The van der Waals surface area contributed by atoms with Crippen LogP contribution >= 0.6 is 0 Å². The average Bonchev–Trinajstić information content (AvgIpc) is 3.11. The number of primary amides is 1. The Kier molecular flexibility index (Phi) is 5.84. The number of hydrogen-bond acceptors (Lipinski definition) is 5. The van der Waals surface area contributed by atoms with Gasteiger partial charge in [-0.15, -0.1) is 0 Å². The van der Waals surface area contributed by atoms with Crippen molar-refractivity contribution >= 4 is 23.3 Å². The number of nitrogens with one attached hydrogen (secondary N) is 2. The van der Waals surface area contributed by atoms with Crippen LogP contribution in [0.25, 0.3) is 11.1 Å². The summed E-state index contributed by atoms with van der Waals surface area (Å²) >= 11 is 0. The van der Waals surface area contributed by atoms with Crippen LogP contribution in [-0.4, -0.2) is 29.9 Å². The van der Waals surface area contributed by atoms with Gasteiger partial charge in [-0.25, -0.2) is 4.98 Å². The number of nitrogens with zero attached hydrogens (tertiary/aromatic N) is 1. The number of nitrogens with two attached hydrogens (primary N) is 1. The molecule has 2 aromatic carbocycles. The summed E-state index contributed by atoms with van der Waals surface area (Å²) in [5.74, 6) is 1.06. The van der Waals surface area contributed by atoms with E-state index in [4.69, 9.17) is 10.5 Å². The van der Waals surface area contributed by atoms with E-state index in [-0.39, 0.29) is 18.2 Å². The molecule has 1 aromatic heterocycles. The first kappa shape index (κ1) is 20.4. The number of amides is 2. The highest BCUT2D eigenvalue weighted by Crippen LogP contribution is 2.30. The number of ether oxygens (including phenoxy) is 1. The van der Waals surface area contributed by atoms with Crippen molar-refractivity contribution in [3.8, 4) is 16.9 Å². The molecule has 2 amide bonds. The van der Waals surface area contributed by atoms with Gasteiger partial charge in [0.1, 0.15) is 18.2 Å². The third-order valence-electron chi connectivity index (χ3n) is 5.13.